The van der Waals surface area contributed by atoms with E-state index in [1.54, 1.807) is 42.4 Å². The standard InChI is InChI=1S/C26H24N6O3/c1-17(33)31-7-9-32(10-8-31)26(34)21-11-20(13-27-14-21)25-22-12-18(3-5-23(22)29-16-30-25)19-4-6-24(35-2)28-15-19/h3-6,11-16H,7-10H2,1-2H3. The Kier molecular flexibility index (Phi) is 6.05. The maximum atomic E-state index is 13.1. The molecule has 9 heteroatoms. The molecule has 1 aliphatic heterocycles. The van der Waals surface area contributed by atoms with Crippen molar-refractivity contribution in [3.05, 3.63) is 66.9 Å². The molecule has 9 nitrogen and oxygen atoms in total. The number of methoxy groups -OCH3 is 1. The second kappa shape index (κ2) is 9.46. The Morgan fingerprint density at radius 3 is 2.31 bits per heavy atom. The van der Waals surface area contributed by atoms with Gasteiger partial charge in [0.2, 0.25) is 11.8 Å². The predicted molar refractivity (Wildman–Crippen MR) is 131 cm³/mol. The monoisotopic (exact) mass is 468 g/mol. The third-order valence-corrected chi connectivity index (χ3v) is 6.18. The first-order valence-corrected chi connectivity index (χ1v) is 11.3. The van der Waals surface area contributed by atoms with Crippen molar-refractivity contribution < 1.29 is 14.3 Å². The van der Waals surface area contributed by atoms with Crippen molar-refractivity contribution in [3.63, 3.8) is 0 Å². The number of nitrogens with zero attached hydrogens (tertiary/aromatic N) is 6. The molecule has 4 heterocycles. The van der Waals surface area contributed by atoms with Crippen molar-refractivity contribution in [2.45, 2.75) is 6.92 Å². The molecule has 5 rings (SSSR count). The second-order valence-electron chi connectivity index (χ2n) is 8.30. The molecule has 1 saturated heterocycles. The van der Waals surface area contributed by atoms with Crippen LogP contribution in [0.5, 0.6) is 5.88 Å². The van der Waals surface area contributed by atoms with E-state index in [0.717, 1.165) is 27.6 Å². The van der Waals surface area contributed by atoms with Crippen LogP contribution in [0.25, 0.3) is 33.3 Å². The number of hydrogen-bond acceptors (Lipinski definition) is 7. The molecule has 1 aliphatic rings. The van der Waals surface area contributed by atoms with Crippen LogP contribution in [-0.2, 0) is 4.79 Å². The van der Waals surface area contributed by atoms with Gasteiger partial charge in [-0.15, -0.1) is 0 Å². The van der Waals surface area contributed by atoms with Crippen LogP contribution in [0.1, 0.15) is 17.3 Å². The molecule has 0 spiro atoms. The van der Waals surface area contributed by atoms with Gasteiger partial charge in [0.05, 0.1) is 23.9 Å². The summed E-state index contributed by atoms with van der Waals surface area (Å²) >= 11 is 0. The van der Waals surface area contributed by atoms with Crippen LogP contribution in [0.2, 0.25) is 0 Å². The van der Waals surface area contributed by atoms with Crippen molar-refractivity contribution in [2.24, 2.45) is 0 Å². The van der Waals surface area contributed by atoms with Crippen molar-refractivity contribution >= 4 is 22.7 Å². The molecule has 0 saturated carbocycles. The molecule has 1 aromatic carbocycles. The van der Waals surface area contributed by atoms with Crippen LogP contribution >= 0.6 is 0 Å². The van der Waals surface area contributed by atoms with Gasteiger partial charge in [-0.1, -0.05) is 6.07 Å². The Hall–Kier alpha value is -4.40. The summed E-state index contributed by atoms with van der Waals surface area (Å²) in [6.45, 7) is 3.62. The Morgan fingerprint density at radius 2 is 1.60 bits per heavy atom. The molecule has 176 valence electrons. The van der Waals surface area contributed by atoms with E-state index in [9.17, 15) is 9.59 Å². The van der Waals surface area contributed by atoms with Crippen molar-refractivity contribution in [3.8, 4) is 28.3 Å². The molecule has 0 bridgehead atoms. The van der Waals surface area contributed by atoms with Gasteiger partial charge in [-0.05, 0) is 29.8 Å². The van der Waals surface area contributed by atoms with E-state index < -0.39 is 0 Å². The quantitative estimate of drug-likeness (QED) is 0.454. The molecule has 3 aromatic heterocycles. The number of ether oxygens (including phenoxy) is 1. The molecule has 35 heavy (non-hydrogen) atoms. The molecular formula is C26H24N6O3. The lowest BCUT2D eigenvalue weighted by molar-refractivity contribution is -0.130. The summed E-state index contributed by atoms with van der Waals surface area (Å²) in [7, 11) is 1.58. The van der Waals surface area contributed by atoms with Gasteiger partial charge in [-0.2, -0.15) is 0 Å². The van der Waals surface area contributed by atoms with E-state index >= 15 is 0 Å². The fourth-order valence-corrected chi connectivity index (χ4v) is 4.23. The molecule has 2 amide bonds. The lowest BCUT2D eigenvalue weighted by Crippen LogP contribution is -2.50. The molecule has 0 radical (unpaired) electrons. The van der Waals surface area contributed by atoms with Gasteiger partial charge >= 0.3 is 0 Å². The highest BCUT2D eigenvalue weighted by Gasteiger charge is 2.24. The Labute approximate surface area is 202 Å². The zero-order chi connectivity index (χ0) is 24.4. The number of amides is 2. The molecule has 0 unspecified atom stereocenters. The zero-order valence-corrected chi connectivity index (χ0v) is 19.5. The lowest BCUT2D eigenvalue weighted by Gasteiger charge is -2.34. The number of carbonyl (C=O) groups is 2. The fourth-order valence-electron chi connectivity index (χ4n) is 4.23. The Balaban J connectivity index is 1.47. The van der Waals surface area contributed by atoms with Crippen molar-refractivity contribution in [2.75, 3.05) is 33.3 Å². The molecular weight excluding hydrogens is 444 g/mol. The van der Waals surface area contributed by atoms with Crippen LogP contribution in [0.15, 0.2) is 61.3 Å². The largest absolute Gasteiger partial charge is 0.481 e. The predicted octanol–water partition coefficient (Wildman–Crippen LogP) is 3.07. The van der Waals surface area contributed by atoms with Gasteiger partial charge < -0.3 is 14.5 Å². The van der Waals surface area contributed by atoms with E-state index in [2.05, 4.69) is 19.9 Å². The summed E-state index contributed by atoms with van der Waals surface area (Å²) in [5, 5.41) is 0.849. The average molecular weight is 469 g/mol. The van der Waals surface area contributed by atoms with Crippen molar-refractivity contribution in [1.82, 2.24) is 29.7 Å². The van der Waals surface area contributed by atoms with Gasteiger partial charge in [-0.3, -0.25) is 14.6 Å². The maximum absolute atomic E-state index is 13.1. The van der Waals surface area contributed by atoms with E-state index in [4.69, 9.17) is 4.74 Å². The highest BCUT2D eigenvalue weighted by Crippen LogP contribution is 2.30. The van der Waals surface area contributed by atoms with Crippen LogP contribution < -0.4 is 4.74 Å². The number of aromatic nitrogens is 4. The highest BCUT2D eigenvalue weighted by atomic mass is 16.5. The van der Waals surface area contributed by atoms with Crippen LogP contribution in [0, 0.1) is 0 Å². The summed E-state index contributed by atoms with van der Waals surface area (Å²) in [6, 6.07) is 11.5. The summed E-state index contributed by atoms with van der Waals surface area (Å²) < 4.78 is 5.16. The Morgan fingerprint density at radius 1 is 0.829 bits per heavy atom. The summed E-state index contributed by atoms with van der Waals surface area (Å²) in [6.07, 6.45) is 6.55. The van der Waals surface area contributed by atoms with Gasteiger partial charge in [-0.25, -0.2) is 15.0 Å². The summed E-state index contributed by atoms with van der Waals surface area (Å²) in [4.78, 5) is 45.8. The molecule has 0 atom stereocenters. The lowest BCUT2D eigenvalue weighted by atomic mass is 10.0. The topological polar surface area (TPSA) is 101 Å². The minimum Gasteiger partial charge on any atom is -0.481 e. The molecule has 4 aromatic rings. The molecule has 0 aliphatic carbocycles. The van der Waals surface area contributed by atoms with Crippen LogP contribution in [0.4, 0.5) is 0 Å². The van der Waals surface area contributed by atoms with Gasteiger partial charge in [0.1, 0.15) is 6.33 Å². The van der Waals surface area contributed by atoms with E-state index in [-0.39, 0.29) is 11.8 Å². The minimum absolute atomic E-state index is 0.0289. The number of pyridine rings is 2. The fraction of sp³-hybridized carbons (Fsp3) is 0.231. The number of hydrogen-bond donors (Lipinski definition) is 0. The first kappa shape index (κ1) is 22.4. The van der Waals surface area contributed by atoms with Gasteiger partial charge in [0.25, 0.3) is 5.91 Å². The number of piperazine rings is 1. The number of rotatable bonds is 4. The normalized spacial score (nSPS) is 13.7. The Bertz CT molecular complexity index is 1400. The SMILES string of the molecule is COc1ccc(-c2ccc3ncnc(-c4cncc(C(=O)N5CCN(C(C)=O)CC5)c4)c3c2)cn1. The maximum Gasteiger partial charge on any atom is 0.255 e. The highest BCUT2D eigenvalue weighted by molar-refractivity contribution is 5.98. The molecule has 0 N–H and O–H groups in total. The minimum atomic E-state index is -0.106. The van der Waals surface area contributed by atoms with E-state index in [1.807, 2.05) is 36.4 Å². The number of carbonyl (C=O) groups excluding carboxylic acids is 2. The van der Waals surface area contributed by atoms with E-state index in [1.165, 1.54) is 6.33 Å². The van der Waals surface area contributed by atoms with Crippen LogP contribution in [0.3, 0.4) is 0 Å². The molecule has 1 fully saturated rings. The van der Waals surface area contributed by atoms with Gasteiger partial charge in [0.15, 0.2) is 0 Å². The van der Waals surface area contributed by atoms with Gasteiger partial charge in [0, 0.05) is 74.3 Å². The van der Waals surface area contributed by atoms with Crippen molar-refractivity contribution in [1.29, 1.82) is 0 Å². The third kappa shape index (κ3) is 4.52. The number of benzene rings is 1. The third-order valence-electron chi connectivity index (χ3n) is 6.18. The average Bonchev–Trinajstić information content (AvgIpc) is 2.92. The number of fused-ring (bicyclic) bond motifs is 1. The second-order valence-corrected chi connectivity index (χ2v) is 8.30. The smallest absolute Gasteiger partial charge is 0.255 e. The first-order chi connectivity index (χ1) is 17.0. The summed E-state index contributed by atoms with van der Waals surface area (Å²) in [5.74, 6) is 0.473. The first-order valence-electron chi connectivity index (χ1n) is 11.3. The van der Waals surface area contributed by atoms with E-state index in [0.29, 0.717) is 43.3 Å². The zero-order valence-electron chi connectivity index (χ0n) is 19.5. The summed E-state index contributed by atoms with van der Waals surface area (Å²) in [5.41, 5.74) is 4.61. The van der Waals surface area contributed by atoms with Crippen LogP contribution in [-0.4, -0.2) is 74.8 Å².